The van der Waals surface area contributed by atoms with Crippen LogP contribution in [0, 0.1) is 0 Å². The lowest BCUT2D eigenvalue weighted by atomic mass is 10.2. The van der Waals surface area contributed by atoms with Crippen molar-refractivity contribution < 1.29 is 9.53 Å². The number of carbonyl (C=O) groups excluding carboxylic acids is 1. The van der Waals surface area contributed by atoms with E-state index in [4.69, 9.17) is 4.74 Å². The van der Waals surface area contributed by atoms with E-state index in [0.29, 0.717) is 12.2 Å². The summed E-state index contributed by atoms with van der Waals surface area (Å²) in [6.45, 7) is 5.81. The molecule has 0 atom stereocenters. The molecule has 0 saturated carbocycles. The van der Waals surface area contributed by atoms with Crippen molar-refractivity contribution >= 4 is 33.5 Å². The second kappa shape index (κ2) is 8.29. The third-order valence-corrected chi connectivity index (χ3v) is 4.58. The molecule has 0 unspecified atom stereocenters. The van der Waals surface area contributed by atoms with Gasteiger partial charge < -0.3 is 14.5 Å². The minimum absolute atomic E-state index is 0.329. The first-order valence-corrected chi connectivity index (χ1v) is 9.21. The number of halogens is 1. The van der Waals surface area contributed by atoms with Crippen molar-refractivity contribution in [1.29, 1.82) is 0 Å². The minimum atomic E-state index is -0.329. The highest BCUT2D eigenvalue weighted by Gasteiger charge is 2.17. The number of pyridine rings is 2. The Morgan fingerprint density at radius 3 is 2.20 bits per heavy atom. The van der Waals surface area contributed by atoms with Crippen LogP contribution in [0.5, 0.6) is 0 Å². The molecular formula is C18H21BrN4O2. The van der Waals surface area contributed by atoms with E-state index in [1.165, 1.54) is 0 Å². The first kappa shape index (κ1) is 17.7. The SMILES string of the molecule is CCOC(=O)c1ccc(N2CCCN(c3ccc(Br)cn3)CC2)nc1. The van der Waals surface area contributed by atoms with E-state index in [1.54, 1.807) is 19.2 Å². The van der Waals surface area contributed by atoms with Gasteiger partial charge in [-0.05, 0) is 53.5 Å². The van der Waals surface area contributed by atoms with Gasteiger partial charge in [-0.3, -0.25) is 0 Å². The first-order valence-electron chi connectivity index (χ1n) is 8.42. The topological polar surface area (TPSA) is 58.6 Å². The standard InChI is InChI=1S/C18H21BrN4O2/c1-2-25-18(24)14-4-6-16(20-12-14)22-8-3-9-23(11-10-22)17-7-5-15(19)13-21-17/h4-7,12-13H,2-3,8-11H2,1H3. The fourth-order valence-corrected chi connectivity index (χ4v) is 3.07. The zero-order valence-electron chi connectivity index (χ0n) is 14.2. The molecule has 25 heavy (non-hydrogen) atoms. The summed E-state index contributed by atoms with van der Waals surface area (Å²) in [6, 6.07) is 7.71. The largest absolute Gasteiger partial charge is 0.462 e. The lowest BCUT2D eigenvalue weighted by Gasteiger charge is -2.23. The molecule has 132 valence electrons. The molecule has 1 saturated heterocycles. The first-order chi connectivity index (χ1) is 12.2. The summed E-state index contributed by atoms with van der Waals surface area (Å²) in [5, 5.41) is 0. The molecular weight excluding hydrogens is 384 g/mol. The molecule has 0 bridgehead atoms. The van der Waals surface area contributed by atoms with E-state index in [0.717, 1.165) is 48.7 Å². The molecule has 2 aromatic rings. The maximum absolute atomic E-state index is 11.7. The lowest BCUT2D eigenvalue weighted by Crippen LogP contribution is -2.31. The third kappa shape index (κ3) is 4.48. The van der Waals surface area contributed by atoms with Gasteiger partial charge in [0.05, 0.1) is 12.2 Å². The summed E-state index contributed by atoms with van der Waals surface area (Å²) in [6.07, 6.45) is 4.44. The highest BCUT2D eigenvalue weighted by atomic mass is 79.9. The lowest BCUT2D eigenvalue weighted by molar-refractivity contribution is 0.0526. The summed E-state index contributed by atoms with van der Waals surface area (Å²) in [5.74, 6) is 1.55. The van der Waals surface area contributed by atoms with Crippen molar-refractivity contribution in [1.82, 2.24) is 9.97 Å². The van der Waals surface area contributed by atoms with E-state index < -0.39 is 0 Å². The maximum atomic E-state index is 11.7. The van der Waals surface area contributed by atoms with Gasteiger partial charge in [0.1, 0.15) is 11.6 Å². The van der Waals surface area contributed by atoms with Crippen molar-refractivity contribution in [2.24, 2.45) is 0 Å². The van der Waals surface area contributed by atoms with Crippen molar-refractivity contribution in [2.75, 3.05) is 42.6 Å². The summed E-state index contributed by atoms with van der Waals surface area (Å²) in [7, 11) is 0. The number of hydrogen-bond acceptors (Lipinski definition) is 6. The minimum Gasteiger partial charge on any atom is -0.462 e. The van der Waals surface area contributed by atoms with Crippen molar-refractivity contribution in [3.63, 3.8) is 0 Å². The van der Waals surface area contributed by atoms with Crippen LogP contribution in [0.2, 0.25) is 0 Å². The highest BCUT2D eigenvalue weighted by molar-refractivity contribution is 9.10. The molecule has 0 aromatic carbocycles. The number of ether oxygens (including phenoxy) is 1. The summed E-state index contributed by atoms with van der Waals surface area (Å²) < 4.78 is 5.98. The average molecular weight is 405 g/mol. The number of esters is 1. The Hall–Kier alpha value is -2.15. The molecule has 0 aliphatic carbocycles. The van der Waals surface area contributed by atoms with Gasteiger partial charge in [0, 0.05) is 43.0 Å². The van der Waals surface area contributed by atoms with Crippen LogP contribution in [0.1, 0.15) is 23.7 Å². The Bertz CT molecular complexity index is 706. The molecule has 0 amide bonds. The van der Waals surface area contributed by atoms with Gasteiger partial charge in [-0.2, -0.15) is 0 Å². The Morgan fingerprint density at radius 2 is 1.68 bits per heavy atom. The van der Waals surface area contributed by atoms with Gasteiger partial charge >= 0.3 is 5.97 Å². The van der Waals surface area contributed by atoms with Crippen LogP contribution in [0.3, 0.4) is 0 Å². The van der Waals surface area contributed by atoms with Gasteiger partial charge in [0.2, 0.25) is 0 Å². The fourth-order valence-electron chi connectivity index (χ4n) is 2.84. The molecule has 0 spiro atoms. The molecule has 3 heterocycles. The molecule has 0 radical (unpaired) electrons. The molecule has 2 aromatic heterocycles. The van der Waals surface area contributed by atoms with Crippen LogP contribution < -0.4 is 9.80 Å². The average Bonchev–Trinajstić information content (AvgIpc) is 2.89. The number of nitrogens with zero attached hydrogens (tertiary/aromatic N) is 4. The summed E-state index contributed by atoms with van der Waals surface area (Å²) in [5.41, 5.74) is 0.487. The second-order valence-corrected chi connectivity index (χ2v) is 6.70. The molecule has 7 heteroatoms. The summed E-state index contributed by atoms with van der Waals surface area (Å²) in [4.78, 5) is 25.2. The number of rotatable bonds is 4. The predicted octanol–water partition coefficient (Wildman–Crippen LogP) is 3.13. The second-order valence-electron chi connectivity index (χ2n) is 5.79. The molecule has 1 aliphatic heterocycles. The maximum Gasteiger partial charge on any atom is 0.339 e. The number of aromatic nitrogens is 2. The zero-order valence-corrected chi connectivity index (χ0v) is 15.8. The normalized spacial score (nSPS) is 15.0. The number of hydrogen-bond donors (Lipinski definition) is 0. The van der Waals surface area contributed by atoms with E-state index in [9.17, 15) is 4.79 Å². The predicted molar refractivity (Wildman–Crippen MR) is 101 cm³/mol. The van der Waals surface area contributed by atoms with Crippen molar-refractivity contribution in [2.45, 2.75) is 13.3 Å². The van der Waals surface area contributed by atoms with Gasteiger partial charge in [-0.15, -0.1) is 0 Å². The fraction of sp³-hybridized carbons (Fsp3) is 0.389. The molecule has 6 nitrogen and oxygen atoms in total. The molecule has 0 N–H and O–H groups in total. The number of anilines is 2. The van der Waals surface area contributed by atoms with E-state index in [-0.39, 0.29) is 5.97 Å². The Morgan fingerprint density at radius 1 is 1.04 bits per heavy atom. The molecule has 1 aliphatic rings. The molecule has 1 fully saturated rings. The van der Waals surface area contributed by atoms with Crippen LogP contribution in [0.25, 0.3) is 0 Å². The highest BCUT2D eigenvalue weighted by Crippen LogP contribution is 2.19. The smallest absolute Gasteiger partial charge is 0.339 e. The van der Waals surface area contributed by atoms with Crippen LogP contribution in [-0.2, 0) is 4.74 Å². The Balaban J connectivity index is 1.64. The number of carbonyl (C=O) groups is 1. The van der Waals surface area contributed by atoms with E-state index in [1.807, 2.05) is 24.4 Å². The van der Waals surface area contributed by atoms with Crippen molar-refractivity contribution in [3.05, 3.63) is 46.7 Å². The van der Waals surface area contributed by atoms with Gasteiger partial charge in [-0.1, -0.05) is 0 Å². The van der Waals surface area contributed by atoms with Crippen molar-refractivity contribution in [3.8, 4) is 0 Å². The van der Waals surface area contributed by atoms with Gasteiger partial charge in [0.15, 0.2) is 0 Å². The van der Waals surface area contributed by atoms with Gasteiger partial charge in [-0.25, -0.2) is 14.8 Å². The zero-order chi connectivity index (χ0) is 17.6. The third-order valence-electron chi connectivity index (χ3n) is 4.11. The van der Waals surface area contributed by atoms with Crippen LogP contribution in [-0.4, -0.2) is 48.7 Å². The quantitative estimate of drug-likeness (QED) is 0.729. The van der Waals surface area contributed by atoms with E-state index >= 15 is 0 Å². The van der Waals surface area contributed by atoms with Crippen LogP contribution in [0.15, 0.2) is 41.1 Å². The van der Waals surface area contributed by atoms with Crippen LogP contribution >= 0.6 is 15.9 Å². The monoisotopic (exact) mass is 404 g/mol. The van der Waals surface area contributed by atoms with E-state index in [2.05, 4.69) is 35.7 Å². The Labute approximate surface area is 156 Å². The Kier molecular flexibility index (Phi) is 5.86. The van der Waals surface area contributed by atoms with Gasteiger partial charge in [0.25, 0.3) is 0 Å². The van der Waals surface area contributed by atoms with Crippen LogP contribution in [0.4, 0.5) is 11.6 Å². The molecule has 3 rings (SSSR count). The summed E-state index contributed by atoms with van der Waals surface area (Å²) >= 11 is 3.42.